The van der Waals surface area contributed by atoms with Crippen molar-refractivity contribution in [1.82, 2.24) is 4.98 Å². The van der Waals surface area contributed by atoms with E-state index in [2.05, 4.69) is 9.71 Å². The lowest BCUT2D eigenvalue weighted by molar-refractivity contribution is 0.583. The highest BCUT2D eigenvalue weighted by Gasteiger charge is 2.21. The average Bonchev–Trinajstić information content (AvgIpc) is 2.31. The van der Waals surface area contributed by atoms with Gasteiger partial charge in [0.25, 0.3) is 10.0 Å². The van der Waals surface area contributed by atoms with Crippen LogP contribution in [0.5, 0.6) is 0 Å². The molecule has 1 aromatic heterocycles. The highest BCUT2D eigenvalue weighted by atomic mass is 35.5. The first-order valence-electron chi connectivity index (χ1n) is 5.08. The molecule has 0 saturated heterocycles. The Morgan fingerprint density at radius 2 is 2.00 bits per heavy atom. The molecular formula is C11H9ClFN3O2S. The van der Waals surface area contributed by atoms with Gasteiger partial charge in [-0.1, -0.05) is 17.7 Å². The third-order valence-corrected chi connectivity index (χ3v) is 4.17. The summed E-state index contributed by atoms with van der Waals surface area (Å²) in [6, 6.07) is 6.65. The number of rotatable bonds is 3. The van der Waals surface area contributed by atoms with E-state index in [0.29, 0.717) is 0 Å². The highest BCUT2D eigenvalue weighted by Crippen LogP contribution is 2.28. The molecule has 5 nitrogen and oxygen atoms in total. The van der Waals surface area contributed by atoms with Gasteiger partial charge in [0, 0.05) is 0 Å². The van der Waals surface area contributed by atoms with Crippen molar-refractivity contribution >= 4 is 33.0 Å². The molecule has 0 saturated carbocycles. The molecule has 100 valence electrons. The molecule has 0 atom stereocenters. The van der Waals surface area contributed by atoms with Crippen molar-refractivity contribution in [3.8, 4) is 0 Å². The zero-order valence-corrected chi connectivity index (χ0v) is 11.0. The summed E-state index contributed by atoms with van der Waals surface area (Å²) in [5.41, 5.74) is 5.74. The molecule has 0 radical (unpaired) electrons. The Hall–Kier alpha value is -1.86. The number of hydrogen-bond donors (Lipinski definition) is 2. The van der Waals surface area contributed by atoms with Gasteiger partial charge in [0.15, 0.2) is 0 Å². The van der Waals surface area contributed by atoms with Crippen LogP contribution < -0.4 is 10.5 Å². The van der Waals surface area contributed by atoms with Crippen LogP contribution in [0.2, 0.25) is 5.02 Å². The van der Waals surface area contributed by atoms with Crippen LogP contribution >= 0.6 is 11.6 Å². The lowest BCUT2D eigenvalue weighted by atomic mass is 10.3. The third-order valence-electron chi connectivity index (χ3n) is 2.25. The molecule has 0 fully saturated rings. The quantitative estimate of drug-likeness (QED) is 0.672. The Morgan fingerprint density at radius 3 is 2.58 bits per heavy atom. The number of benzene rings is 1. The van der Waals surface area contributed by atoms with Gasteiger partial charge in [0.1, 0.15) is 4.90 Å². The zero-order chi connectivity index (χ0) is 14.0. The Labute approximate surface area is 114 Å². The third kappa shape index (κ3) is 2.94. The molecule has 19 heavy (non-hydrogen) atoms. The number of nitrogens with two attached hydrogens (primary N) is 1. The number of nitrogens with zero attached hydrogens (tertiary/aromatic N) is 1. The summed E-state index contributed by atoms with van der Waals surface area (Å²) in [5, 5.41) is 0.00238. The maximum Gasteiger partial charge on any atom is 0.265 e. The first kappa shape index (κ1) is 13.6. The lowest BCUT2D eigenvalue weighted by Crippen LogP contribution is -2.15. The first-order chi connectivity index (χ1) is 8.90. The van der Waals surface area contributed by atoms with Crippen molar-refractivity contribution in [1.29, 1.82) is 0 Å². The molecule has 1 heterocycles. The van der Waals surface area contributed by atoms with Gasteiger partial charge in [-0.15, -0.1) is 0 Å². The fourth-order valence-corrected chi connectivity index (χ4v) is 3.17. The van der Waals surface area contributed by atoms with Crippen LogP contribution in [0.25, 0.3) is 0 Å². The van der Waals surface area contributed by atoms with Crippen LogP contribution in [-0.4, -0.2) is 13.4 Å². The van der Waals surface area contributed by atoms with E-state index in [1.165, 1.54) is 24.3 Å². The molecule has 0 spiro atoms. The van der Waals surface area contributed by atoms with E-state index in [1.54, 1.807) is 0 Å². The minimum absolute atomic E-state index is 0.00238. The zero-order valence-electron chi connectivity index (χ0n) is 9.47. The topological polar surface area (TPSA) is 85.1 Å². The molecule has 0 aliphatic rings. The van der Waals surface area contributed by atoms with Gasteiger partial charge in [-0.2, -0.15) is 4.39 Å². The SMILES string of the molecule is Nc1cccc(Cl)c1S(=O)(=O)Nc1ccc(F)nc1. The molecule has 0 aliphatic heterocycles. The molecular weight excluding hydrogens is 293 g/mol. The highest BCUT2D eigenvalue weighted by molar-refractivity contribution is 7.93. The fourth-order valence-electron chi connectivity index (χ4n) is 1.45. The number of aromatic nitrogens is 1. The summed E-state index contributed by atoms with van der Waals surface area (Å²) in [6.07, 6.45) is 1.06. The molecule has 0 amide bonds. The monoisotopic (exact) mass is 301 g/mol. The summed E-state index contributed by atoms with van der Waals surface area (Å²) in [4.78, 5) is 3.12. The predicted molar refractivity (Wildman–Crippen MR) is 70.9 cm³/mol. The summed E-state index contributed by atoms with van der Waals surface area (Å²) in [6.45, 7) is 0. The van der Waals surface area contributed by atoms with E-state index in [9.17, 15) is 12.8 Å². The number of sulfonamides is 1. The fraction of sp³-hybridized carbons (Fsp3) is 0. The largest absolute Gasteiger partial charge is 0.398 e. The van der Waals surface area contributed by atoms with Crippen LogP contribution in [0.3, 0.4) is 0 Å². The number of hydrogen-bond acceptors (Lipinski definition) is 4. The Morgan fingerprint density at radius 1 is 1.26 bits per heavy atom. The van der Waals surface area contributed by atoms with Crippen molar-refractivity contribution in [2.75, 3.05) is 10.5 Å². The summed E-state index contributed by atoms with van der Waals surface area (Å²) < 4.78 is 39.1. The number of anilines is 2. The van der Waals surface area contributed by atoms with E-state index in [-0.39, 0.29) is 21.3 Å². The number of nitrogen functional groups attached to an aromatic ring is 1. The van der Waals surface area contributed by atoms with E-state index in [0.717, 1.165) is 12.3 Å². The maximum atomic E-state index is 12.6. The normalized spacial score (nSPS) is 11.3. The summed E-state index contributed by atoms with van der Waals surface area (Å²) in [5.74, 6) is -0.708. The van der Waals surface area contributed by atoms with Crippen molar-refractivity contribution in [3.63, 3.8) is 0 Å². The van der Waals surface area contributed by atoms with Crippen molar-refractivity contribution in [2.45, 2.75) is 4.90 Å². The van der Waals surface area contributed by atoms with Crippen LogP contribution in [0.1, 0.15) is 0 Å². The van der Waals surface area contributed by atoms with Crippen LogP contribution in [0, 0.1) is 5.95 Å². The lowest BCUT2D eigenvalue weighted by Gasteiger charge is -2.11. The van der Waals surface area contributed by atoms with Gasteiger partial charge in [0.05, 0.1) is 22.6 Å². The van der Waals surface area contributed by atoms with Gasteiger partial charge in [-0.25, -0.2) is 13.4 Å². The number of nitrogens with one attached hydrogen (secondary N) is 1. The maximum absolute atomic E-state index is 12.6. The first-order valence-corrected chi connectivity index (χ1v) is 6.94. The van der Waals surface area contributed by atoms with Gasteiger partial charge in [-0.3, -0.25) is 4.72 Å². The minimum Gasteiger partial charge on any atom is -0.398 e. The molecule has 0 unspecified atom stereocenters. The van der Waals surface area contributed by atoms with E-state index in [4.69, 9.17) is 17.3 Å². The Bertz CT molecular complexity index is 684. The van der Waals surface area contributed by atoms with Crippen LogP contribution in [0.15, 0.2) is 41.4 Å². The molecule has 8 heteroatoms. The van der Waals surface area contributed by atoms with Crippen molar-refractivity contribution in [2.24, 2.45) is 0 Å². The van der Waals surface area contributed by atoms with E-state index >= 15 is 0 Å². The smallest absolute Gasteiger partial charge is 0.265 e. The standard InChI is InChI=1S/C11H9ClFN3O2S/c12-8-2-1-3-9(14)11(8)19(17,18)16-7-4-5-10(13)15-6-7/h1-6,16H,14H2. The summed E-state index contributed by atoms with van der Waals surface area (Å²) in [7, 11) is -3.96. The molecule has 3 N–H and O–H groups in total. The van der Waals surface area contributed by atoms with E-state index in [1.807, 2.05) is 0 Å². The molecule has 2 aromatic rings. The Kier molecular flexibility index (Phi) is 3.59. The van der Waals surface area contributed by atoms with Gasteiger partial charge in [0.2, 0.25) is 5.95 Å². The number of halogens is 2. The van der Waals surface area contributed by atoms with Crippen molar-refractivity contribution < 1.29 is 12.8 Å². The molecule has 1 aromatic carbocycles. The van der Waals surface area contributed by atoms with Gasteiger partial charge >= 0.3 is 0 Å². The summed E-state index contributed by atoms with van der Waals surface area (Å²) >= 11 is 5.83. The minimum atomic E-state index is -3.96. The van der Waals surface area contributed by atoms with Crippen molar-refractivity contribution in [3.05, 3.63) is 47.5 Å². The second kappa shape index (κ2) is 5.02. The number of pyridine rings is 1. The van der Waals surface area contributed by atoms with Gasteiger partial charge in [-0.05, 0) is 24.3 Å². The Balaban J connectivity index is 2.41. The van der Waals surface area contributed by atoms with Crippen LogP contribution in [-0.2, 0) is 10.0 Å². The van der Waals surface area contributed by atoms with Gasteiger partial charge < -0.3 is 5.73 Å². The molecule has 0 bridgehead atoms. The predicted octanol–water partition coefficient (Wildman–Crippen LogP) is 2.26. The van der Waals surface area contributed by atoms with Crippen LogP contribution in [0.4, 0.5) is 15.8 Å². The second-order valence-electron chi connectivity index (χ2n) is 3.63. The second-order valence-corrected chi connectivity index (χ2v) is 5.66. The van der Waals surface area contributed by atoms with E-state index < -0.39 is 16.0 Å². The average molecular weight is 302 g/mol. The molecule has 2 rings (SSSR count). The molecule has 0 aliphatic carbocycles.